The first-order valence-electron chi connectivity index (χ1n) is 10.4. The molecule has 0 aliphatic heterocycles. The lowest BCUT2D eigenvalue weighted by Gasteiger charge is -2.22. The Morgan fingerprint density at radius 1 is 1.27 bits per heavy atom. The summed E-state index contributed by atoms with van der Waals surface area (Å²) in [6, 6.07) is 4.80. The van der Waals surface area contributed by atoms with Crippen molar-refractivity contribution in [3.8, 4) is 6.07 Å². The minimum absolute atomic E-state index is 0.263. The van der Waals surface area contributed by atoms with Crippen LogP contribution in [0.25, 0.3) is 10.3 Å². The molecule has 158 valence electrons. The Balaban J connectivity index is 1.52. The molecule has 4 N–H and O–H groups in total. The summed E-state index contributed by atoms with van der Waals surface area (Å²) >= 11 is 1.51. The predicted molar refractivity (Wildman–Crippen MR) is 119 cm³/mol. The number of fused-ring (bicyclic) bond motifs is 1. The van der Waals surface area contributed by atoms with Gasteiger partial charge in [-0.1, -0.05) is 6.92 Å². The SMILES string of the molecule is Cc1cc(Nc2nc(N[C@H]3CC(C)CC[C@@H](NCCC#N)C3)nc3ncsc23)n[nH]1. The monoisotopic (exact) mass is 425 g/mol. The first kappa shape index (κ1) is 20.5. The van der Waals surface area contributed by atoms with Crippen molar-refractivity contribution in [2.45, 2.75) is 58.0 Å². The number of hydrogen-bond donors (Lipinski definition) is 4. The molecule has 3 heterocycles. The molecular formula is C20H27N9S. The van der Waals surface area contributed by atoms with Crippen molar-refractivity contribution >= 4 is 39.3 Å². The number of nitrogens with one attached hydrogen (secondary N) is 4. The summed E-state index contributed by atoms with van der Waals surface area (Å²) in [4.78, 5) is 13.8. The van der Waals surface area contributed by atoms with Crippen LogP contribution in [0.2, 0.25) is 0 Å². The third-order valence-electron chi connectivity index (χ3n) is 5.41. The molecule has 1 aliphatic carbocycles. The summed E-state index contributed by atoms with van der Waals surface area (Å²) in [5, 5.41) is 26.4. The van der Waals surface area contributed by atoms with Crippen LogP contribution >= 0.6 is 11.3 Å². The van der Waals surface area contributed by atoms with Gasteiger partial charge in [0.1, 0.15) is 4.70 Å². The molecule has 1 fully saturated rings. The maximum atomic E-state index is 8.81. The van der Waals surface area contributed by atoms with Gasteiger partial charge in [-0.05, 0) is 38.5 Å². The van der Waals surface area contributed by atoms with Gasteiger partial charge < -0.3 is 16.0 Å². The van der Waals surface area contributed by atoms with E-state index in [4.69, 9.17) is 10.2 Å². The van der Waals surface area contributed by atoms with Crippen LogP contribution in [0.4, 0.5) is 17.6 Å². The van der Waals surface area contributed by atoms with E-state index >= 15 is 0 Å². The molecule has 0 saturated heterocycles. The zero-order valence-electron chi connectivity index (χ0n) is 17.3. The highest BCUT2D eigenvalue weighted by Gasteiger charge is 2.24. The number of aryl methyl sites for hydroxylation is 1. The van der Waals surface area contributed by atoms with E-state index in [2.05, 4.69) is 49.1 Å². The fraction of sp³-hybridized carbons (Fsp3) is 0.550. The lowest BCUT2D eigenvalue weighted by Crippen LogP contribution is -2.34. The lowest BCUT2D eigenvalue weighted by atomic mass is 10.0. The minimum atomic E-state index is 0.263. The Bertz CT molecular complexity index is 1020. The minimum Gasteiger partial charge on any atom is -0.351 e. The summed E-state index contributed by atoms with van der Waals surface area (Å²) in [7, 11) is 0. The predicted octanol–water partition coefficient (Wildman–Crippen LogP) is 3.72. The zero-order valence-corrected chi connectivity index (χ0v) is 18.1. The van der Waals surface area contributed by atoms with Crippen LogP contribution in [-0.4, -0.2) is 43.8 Å². The molecule has 30 heavy (non-hydrogen) atoms. The van der Waals surface area contributed by atoms with Crippen LogP contribution in [0.15, 0.2) is 11.6 Å². The molecule has 0 spiro atoms. The van der Waals surface area contributed by atoms with Crippen LogP contribution in [-0.2, 0) is 0 Å². The molecule has 4 rings (SSSR count). The van der Waals surface area contributed by atoms with E-state index < -0.39 is 0 Å². The molecule has 1 aliphatic rings. The molecule has 3 aromatic heterocycles. The normalized spacial score (nSPS) is 21.8. The number of nitrogens with zero attached hydrogens (tertiary/aromatic N) is 5. The lowest BCUT2D eigenvalue weighted by molar-refractivity contribution is 0.449. The first-order chi connectivity index (χ1) is 14.6. The molecule has 9 nitrogen and oxygen atoms in total. The number of aromatic amines is 1. The summed E-state index contributed by atoms with van der Waals surface area (Å²) in [5.41, 5.74) is 3.44. The molecule has 3 aromatic rings. The second-order valence-corrected chi connectivity index (χ2v) is 8.87. The number of hydrogen-bond acceptors (Lipinski definition) is 9. The van der Waals surface area contributed by atoms with E-state index in [1.165, 1.54) is 17.8 Å². The van der Waals surface area contributed by atoms with Gasteiger partial charge in [-0.25, -0.2) is 4.98 Å². The summed E-state index contributed by atoms with van der Waals surface area (Å²) in [6.45, 7) is 4.99. The van der Waals surface area contributed by atoms with Crippen molar-refractivity contribution in [3.63, 3.8) is 0 Å². The molecule has 0 bridgehead atoms. The highest BCUT2D eigenvalue weighted by atomic mass is 32.1. The smallest absolute Gasteiger partial charge is 0.227 e. The van der Waals surface area contributed by atoms with E-state index in [-0.39, 0.29) is 6.04 Å². The summed E-state index contributed by atoms with van der Waals surface area (Å²) < 4.78 is 0.909. The molecule has 3 atom stereocenters. The number of nitriles is 1. The van der Waals surface area contributed by atoms with Gasteiger partial charge in [0, 0.05) is 36.8 Å². The molecule has 1 saturated carbocycles. The second-order valence-electron chi connectivity index (χ2n) is 8.02. The summed E-state index contributed by atoms with van der Waals surface area (Å²) in [6.07, 6.45) is 4.89. The average molecular weight is 426 g/mol. The first-order valence-corrected chi connectivity index (χ1v) is 11.3. The molecule has 0 amide bonds. The molecular weight excluding hydrogens is 398 g/mol. The fourth-order valence-corrected chi connectivity index (χ4v) is 4.65. The van der Waals surface area contributed by atoms with Crippen molar-refractivity contribution in [1.29, 1.82) is 5.26 Å². The Morgan fingerprint density at radius 3 is 2.97 bits per heavy atom. The van der Waals surface area contributed by atoms with E-state index in [0.29, 0.717) is 35.8 Å². The number of anilines is 3. The highest BCUT2D eigenvalue weighted by Crippen LogP contribution is 2.29. The third kappa shape index (κ3) is 5.04. The van der Waals surface area contributed by atoms with Crippen LogP contribution < -0.4 is 16.0 Å². The van der Waals surface area contributed by atoms with Gasteiger partial charge in [0.2, 0.25) is 5.95 Å². The standard InChI is InChI=1S/C20H27N9S/c1-12-4-5-14(22-7-3-6-21)10-15(8-12)24-20-26-18-17(30-11-23-18)19(27-20)25-16-9-13(2)28-29-16/h9,11-12,14-15,22H,3-5,7-8,10H2,1-2H3,(H3,24,25,26,27,28,29)/t12?,14-,15+/m1/s1. The Morgan fingerprint density at radius 2 is 2.17 bits per heavy atom. The van der Waals surface area contributed by atoms with Crippen LogP contribution in [0.1, 0.15) is 44.7 Å². The number of aromatic nitrogens is 5. The number of rotatable bonds is 7. The Labute approximate surface area is 179 Å². The van der Waals surface area contributed by atoms with E-state index in [1.807, 2.05) is 13.0 Å². The van der Waals surface area contributed by atoms with Gasteiger partial charge in [0.15, 0.2) is 17.3 Å². The van der Waals surface area contributed by atoms with Crippen molar-refractivity contribution in [2.75, 3.05) is 17.2 Å². The molecule has 0 aromatic carbocycles. The van der Waals surface area contributed by atoms with Gasteiger partial charge in [-0.15, -0.1) is 11.3 Å². The summed E-state index contributed by atoms with van der Waals surface area (Å²) in [5.74, 6) is 2.63. The Kier molecular flexibility index (Phi) is 6.40. The number of H-pyrrole nitrogens is 1. The maximum Gasteiger partial charge on any atom is 0.227 e. The molecule has 1 unspecified atom stereocenters. The number of thiazole rings is 1. The second kappa shape index (κ2) is 9.36. The van der Waals surface area contributed by atoms with Crippen LogP contribution in [0.5, 0.6) is 0 Å². The van der Waals surface area contributed by atoms with Crippen molar-refractivity contribution in [3.05, 3.63) is 17.3 Å². The quantitative estimate of drug-likeness (QED) is 0.333. The molecule has 10 heteroatoms. The van der Waals surface area contributed by atoms with Gasteiger partial charge >= 0.3 is 0 Å². The van der Waals surface area contributed by atoms with Crippen molar-refractivity contribution in [1.82, 2.24) is 30.5 Å². The van der Waals surface area contributed by atoms with Gasteiger partial charge in [0.25, 0.3) is 0 Å². The average Bonchev–Trinajstić information content (AvgIpc) is 3.30. The topological polar surface area (TPSA) is 127 Å². The highest BCUT2D eigenvalue weighted by molar-refractivity contribution is 7.17. The van der Waals surface area contributed by atoms with E-state index in [0.717, 1.165) is 42.0 Å². The maximum absolute atomic E-state index is 8.81. The fourth-order valence-electron chi connectivity index (χ4n) is 3.98. The van der Waals surface area contributed by atoms with Gasteiger partial charge in [-0.2, -0.15) is 20.3 Å². The van der Waals surface area contributed by atoms with Crippen molar-refractivity contribution in [2.24, 2.45) is 5.92 Å². The van der Waals surface area contributed by atoms with Crippen molar-refractivity contribution < 1.29 is 0 Å². The zero-order chi connectivity index (χ0) is 20.9. The van der Waals surface area contributed by atoms with Gasteiger partial charge in [0.05, 0.1) is 11.6 Å². The molecule has 0 radical (unpaired) electrons. The van der Waals surface area contributed by atoms with E-state index in [9.17, 15) is 0 Å². The van der Waals surface area contributed by atoms with Crippen LogP contribution in [0, 0.1) is 24.2 Å². The van der Waals surface area contributed by atoms with E-state index in [1.54, 1.807) is 5.51 Å². The largest absolute Gasteiger partial charge is 0.351 e. The Hall–Kier alpha value is -2.77. The van der Waals surface area contributed by atoms with Crippen LogP contribution in [0.3, 0.4) is 0 Å². The third-order valence-corrected chi connectivity index (χ3v) is 6.23. The van der Waals surface area contributed by atoms with Gasteiger partial charge in [-0.3, -0.25) is 5.10 Å².